The number of hydrogen-bond donors (Lipinski definition) is 1. The Labute approximate surface area is 125 Å². The number of ether oxygens (including phenoxy) is 1. The van der Waals surface area contributed by atoms with E-state index in [1.807, 2.05) is 6.07 Å². The minimum absolute atomic E-state index is 0.314. The summed E-state index contributed by atoms with van der Waals surface area (Å²) in [5, 5.41) is 7.52. The van der Waals surface area contributed by atoms with Crippen molar-refractivity contribution in [3.63, 3.8) is 0 Å². The van der Waals surface area contributed by atoms with Crippen LogP contribution in [0, 0.1) is 0 Å². The Morgan fingerprint density at radius 2 is 2.00 bits per heavy atom. The Bertz CT molecular complexity index is 591. The third-order valence-electron chi connectivity index (χ3n) is 2.96. The predicted molar refractivity (Wildman–Crippen MR) is 81.4 cm³/mol. The average Bonchev–Trinajstić information content (AvgIpc) is 2.81. The van der Waals surface area contributed by atoms with Gasteiger partial charge in [-0.1, -0.05) is 27.7 Å². The number of hydrogen-bond acceptors (Lipinski definition) is 5. The van der Waals surface area contributed by atoms with Crippen molar-refractivity contribution in [2.45, 2.75) is 46.2 Å². The molecule has 1 N–H and O–H groups in total. The first-order valence-electron chi connectivity index (χ1n) is 7.21. The number of aromatic nitrogens is 4. The van der Waals surface area contributed by atoms with Crippen LogP contribution in [-0.2, 0) is 13.6 Å². The highest BCUT2D eigenvalue weighted by atomic mass is 16.5. The molecule has 0 aliphatic rings. The summed E-state index contributed by atoms with van der Waals surface area (Å²) in [7, 11) is 1.80. The third-order valence-corrected chi connectivity index (χ3v) is 2.96. The van der Waals surface area contributed by atoms with E-state index in [2.05, 4.69) is 54.1 Å². The highest BCUT2D eigenvalue weighted by Crippen LogP contribution is 2.22. The fourth-order valence-electron chi connectivity index (χ4n) is 1.81. The third kappa shape index (κ3) is 4.53. The lowest BCUT2D eigenvalue weighted by atomic mass is 10.1. The normalized spacial score (nSPS) is 11.4. The molecule has 0 atom stereocenters. The topological polar surface area (TPSA) is 64.9 Å². The lowest BCUT2D eigenvalue weighted by Gasteiger charge is -2.12. The molecular formula is C15H23N5O. The van der Waals surface area contributed by atoms with Crippen LogP contribution in [0.2, 0.25) is 0 Å². The van der Waals surface area contributed by atoms with Crippen molar-refractivity contribution in [3.05, 3.63) is 29.7 Å². The Morgan fingerprint density at radius 1 is 1.24 bits per heavy atom. The molecule has 0 aliphatic heterocycles. The summed E-state index contributed by atoms with van der Waals surface area (Å²) in [4.78, 5) is 8.59. The fourth-order valence-corrected chi connectivity index (χ4v) is 1.81. The van der Waals surface area contributed by atoms with Crippen molar-refractivity contribution < 1.29 is 4.74 Å². The van der Waals surface area contributed by atoms with E-state index < -0.39 is 0 Å². The molecule has 2 aromatic heterocycles. The summed E-state index contributed by atoms with van der Waals surface area (Å²) < 4.78 is 7.26. The van der Waals surface area contributed by atoms with Gasteiger partial charge in [0.25, 0.3) is 0 Å². The molecular weight excluding hydrogens is 266 g/mol. The van der Waals surface area contributed by atoms with E-state index in [0.717, 1.165) is 17.8 Å². The molecule has 0 aromatic carbocycles. The molecule has 0 fully saturated rings. The van der Waals surface area contributed by atoms with Gasteiger partial charge in [-0.05, 0) is 17.5 Å². The summed E-state index contributed by atoms with van der Waals surface area (Å²) in [6.07, 6.45) is 1.60. The number of pyridine rings is 1. The van der Waals surface area contributed by atoms with E-state index in [0.29, 0.717) is 23.9 Å². The second kappa shape index (κ2) is 6.67. The number of nitrogens with zero attached hydrogens (tertiary/aromatic N) is 4. The molecule has 6 heteroatoms. The lowest BCUT2D eigenvalue weighted by Crippen LogP contribution is -2.22. The van der Waals surface area contributed by atoms with Crippen LogP contribution < -0.4 is 10.1 Å². The SMILES string of the molecule is CC(C)NCc1cc(Oc2ncn(C)n2)nc(C(C)C)c1. The summed E-state index contributed by atoms with van der Waals surface area (Å²) >= 11 is 0. The molecule has 6 nitrogen and oxygen atoms in total. The van der Waals surface area contributed by atoms with E-state index in [-0.39, 0.29) is 0 Å². The van der Waals surface area contributed by atoms with Crippen LogP contribution in [0.4, 0.5) is 0 Å². The molecule has 2 heterocycles. The van der Waals surface area contributed by atoms with Crippen LogP contribution in [0.5, 0.6) is 11.9 Å². The van der Waals surface area contributed by atoms with Crippen molar-refractivity contribution in [1.82, 2.24) is 25.1 Å². The molecule has 0 aliphatic carbocycles. The Hall–Kier alpha value is -1.95. The molecule has 114 valence electrons. The van der Waals surface area contributed by atoms with Crippen molar-refractivity contribution in [2.75, 3.05) is 0 Å². The van der Waals surface area contributed by atoms with E-state index in [4.69, 9.17) is 4.74 Å². The van der Waals surface area contributed by atoms with Crippen LogP contribution >= 0.6 is 0 Å². The number of rotatable bonds is 6. The molecule has 0 radical (unpaired) electrons. The zero-order valence-electron chi connectivity index (χ0n) is 13.3. The molecule has 0 saturated carbocycles. The quantitative estimate of drug-likeness (QED) is 0.885. The smallest absolute Gasteiger partial charge is 0.342 e. The van der Waals surface area contributed by atoms with Crippen LogP contribution in [0.1, 0.15) is 44.9 Å². The summed E-state index contributed by atoms with van der Waals surface area (Å²) in [5.74, 6) is 0.871. The van der Waals surface area contributed by atoms with Gasteiger partial charge >= 0.3 is 6.01 Å². The molecule has 0 bridgehead atoms. The maximum absolute atomic E-state index is 5.66. The van der Waals surface area contributed by atoms with E-state index in [1.54, 1.807) is 18.1 Å². The van der Waals surface area contributed by atoms with Gasteiger partial charge in [0.05, 0.1) is 0 Å². The van der Waals surface area contributed by atoms with Gasteiger partial charge in [0.1, 0.15) is 6.33 Å². The summed E-state index contributed by atoms with van der Waals surface area (Å²) in [6, 6.07) is 4.78. The Morgan fingerprint density at radius 3 is 2.57 bits per heavy atom. The number of aryl methyl sites for hydroxylation is 1. The van der Waals surface area contributed by atoms with Crippen molar-refractivity contribution in [2.24, 2.45) is 7.05 Å². The Kier molecular flexibility index (Phi) is 4.90. The van der Waals surface area contributed by atoms with Gasteiger partial charge in [-0.15, -0.1) is 5.10 Å². The van der Waals surface area contributed by atoms with Crippen LogP contribution in [-0.4, -0.2) is 25.8 Å². The van der Waals surface area contributed by atoms with Gasteiger partial charge in [-0.25, -0.2) is 4.98 Å². The van der Waals surface area contributed by atoms with Crippen molar-refractivity contribution in [1.29, 1.82) is 0 Å². The van der Waals surface area contributed by atoms with Gasteiger partial charge in [-0.3, -0.25) is 4.68 Å². The van der Waals surface area contributed by atoms with Gasteiger partial charge < -0.3 is 10.1 Å². The van der Waals surface area contributed by atoms with Gasteiger partial charge in [0.15, 0.2) is 0 Å². The zero-order valence-corrected chi connectivity index (χ0v) is 13.3. The van der Waals surface area contributed by atoms with Gasteiger partial charge in [0.2, 0.25) is 5.88 Å². The molecule has 21 heavy (non-hydrogen) atoms. The standard InChI is InChI=1S/C15H23N5O/c1-10(2)13-6-12(8-16-11(3)4)7-14(18-13)21-15-17-9-20(5)19-15/h6-7,9-11,16H,8H2,1-5H3. The predicted octanol–water partition coefficient (Wildman–Crippen LogP) is 2.62. The maximum Gasteiger partial charge on any atom is 0.342 e. The second-order valence-electron chi connectivity index (χ2n) is 5.73. The summed E-state index contributed by atoms with van der Waals surface area (Å²) in [6.45, 7) is 9.26. The maximum atomic E-state index is 5.66. The zero-order chi connectivity index (χ0) is 15.4. The molecule has 0 amide bonds. The molecule has 0 spiro atoms. The first-order chi connectivity index (χ1) is 9.94. The molecule has 2 aromatic rings. The number of nitrogens with one attached hydrogen (secondary N) is 1. The van der Waals surface area contributed by atoms with Crippen LogP contribution in [0.25, 0.3) is 0 Å². The first kappa shape index (κ1) is 15.4. The molecule has 0 saturated heterocycles. The molecule has 0 unspecified atom stereocenters. The van der Waals surface area contributed by atoms with Gasteiger partial charge in [0, 0.05) is 31.4 Å². The fraction of sp³-hybridized carbons (Fsp3) is 0.533. The first-order valence-corrected chi connectivity index (χ1v) is 7.21. The average molecular weight is 289 g/mol. The minimum atomic E-state index is 0.314. The van der Waals surface area contributed by atoms with E-state index >= 15 is 0 Å². The van der Waals surface area contributed by atoms with Crippen LogP contribution in [0.3, 0.4) is 0 Å². The van der Waals surface area contributed by atoms with E-state index in [9.17, 15) is 0 Å². The highest BCUT2D eigenvalue weighted by Gasteiger charge is 2.10. The largest absolute Gasteiger partial charge is 0.404 e. The van der Waals surface area contributed by atoms with Crippen molar-refractivity contribution >= 4 is 0 Å². The summed E-state index contributed by atoms with van der Waals surface area (Å²) in [5.41, 5.74) is 2.15. The lowest BCUT2D eigenvalue weighted by molar-refractivity contribution is 0.419. The molecule has 2 rings (SSSR count). The van der Waals surface area contributed by atoms with Crippen molar-refractivity contribution in [3.8, 4) is 11.9 Å². The van der Waals surface area contributed by atoms with Gasteiger partial charge in [-0.2, -0.15) is 4.98 Å². The van der Waals surface area contributed by atoms with Crippen LogP contribution in [0.15, 0.2) is 18.5 Å². The second-order valence-corrected chi connectivity index (χ2v) is 5.73. The van der Waals surface area contributed by atoms with E-state index in [1.165, 1.54) is 0 Å². The Balaban J connectivity index is 2.22. The monoisotopic (exact) mass is 289 g/mol. The highest BCUT2D eigenvalue weighted by molar-refractivity contribution is 5.28. The minimum Gasteiger partial charge on any atom is -0.404 e.